The lowest BCUT2D eigenvalue weighted by atomic mass is 9.86. The Labute approximate surface area is 175 Å². The highest BCUT2D eigenvalue weighted by Crippen LogP contribution is 2.37. The first-order chi connectivity index (χ1) is 13.3. The second-order valence-corrected chi connectivity index (χ2v) is 9.60. The van der Waals surface area contributed by atoms with Gasteiger partial charge in [-0.1, -0.05) is 15.9 Å². The fourth-order valence-corrected chi connectivity index (χ4v) is 5.42. The Morgan fingerprint density at radius 2 is 1.75 bits per heavy atom. The molecule has 8 heteroatoms. The molecule has 0 bridgehead atoms. The van der Waals surface area contributed by atoms with Crippen molar-refractivity contribution in [2.24, 2.45) is 0 Å². The van der Waals surface area contributed by atoms with E-state index in [1.165, 1.54) is 7.11 Å². The molecule has 0 spiro atoms. The molecule has 1 atom stereocenters. The summed E-state index contributed by atoms with van der Waals surface area (Å²) < 4.78 is 40.4. The average Bonchev–Trinajstić information content (AvgIpc) is 2.67. The van der Waals surface area contributed by atoms with Crippen LogP contribution in [0.1, 0.15) is 17.5 Å². The van der Waals surface area contributed by atoms with Crippen LogP contribution >= 0.6 is 15.9 Å². The van der Waals surface area contributed by atoms with Crippen molar-refractivity contribution in [3.8, 4) is 11.5 Å². The van der Waals surface area contributed by atoms with Crippen molar-refractivity contribution in [3.63, 3.8) is 0 Å². The van der Waals surface area contributed by atoms with Gasteiger partial charge in [0.1, 0.15) is 16.4 Å². The van der Waals surface area contributed by atoms with Gasteiger partial charge in [0.15, 0.2) is 0 Å². The van der Waals surface area contributed by atoms with Gasteiger partial charge in [-0.05, 0) is 69.3 Å². The standard InChI is InChI=1S/C20H25BrN2O4S/c1-23(2)14-6-7-15-16(12-14)18(26-3)10-8-17(15)22-28(24,25)20-11-13(21)5-9-19(20)27-4/h5,8-11,14,22H,6-7,12H2,1-4H3. The van der Waals surface area contributed by atoms with E-state index in [4.69, 9.17) is 9.47 Å². The van der Waals surface area contributed by atoms with E-state index >= 15 is 0 Å². The van der Waals surface area contributed by atoms with Gasteiger partial charge < -0.3 is 14.4 Å². The smallest absolute Gasteiger partial charge is 0.265 e. The Morgan fingerprint density at radius 3 is 2.39 bits per heavy atom. The SMILES string of the molecule is COc1ccc(Br)cc1S(=O)(=O)Nc1ccc(OC)c2c1CCC(N(C)C)C2. The van der Waals surface area contributed by atoms with Crippen LogP contribution in [0.5, 0.6) is 11.5 Å². The number of benzene rings is 2. The number of rotatable bonds is 6. The quantitative estimate of drug-likeness (QED) is 0.699. The molecule has 0 aliphatic heterocycles. The lowest BCUT2D eigenvalue weighted by molar-refractivity contribution is 0.265. The number of halogens is 1. The number of hydrogen-bond donors (Lipinski definition) is 1. The summed E-state index contributed by atoms with van der Waals surface area (Å²) in [6, 6.07) is 8.92. The van der Waals surface area contributed by atoms with Crippen LogP contribution in [0.2, 0.25) is 0 Å². The van der Waals surface area contributed by atoms with Crippen LogP contribution in [0.15, 0.2) is 39.7 Å². The predicted octanol–water partition coefficient (Wildman–Crippen LogP) is 3.69. The number of methoxy groups -OCH3 is 2. The van der Waals surface area contributed by atoms with Crippen LogP contribution in [0.3, 0.4) is 0 Å². The normalized spacial score (nSPS) is 16.6. The summed E-state index contributed by atoms with van der Waals surface area (Å²) in [7, 11) is 3.41. The molecule has 0 radical (unpaired) electrons. The lowest BCUT2D eigenvalue weighted by Crippen LogP contribution is -2.34. The first kappa shape index (κ1) is 21.0. The third-order valence-corrected chi connectivity index (χ3v) is 7.05. The van der Waals surface area contributed by atoms with E-state index in [1.807, 2.05) is 6.07 Å². The highest BCUT2D eigenvalue weighted by atomic mass is 79.9. The van der Waals surface area contributed by atoms with Crippen molar-refractivity contribution in [2.75, 3.05) is 33.0 Å². The molecule has 0 saturated carbocycles. The molecule has 0 aromatic heterocycles. The minimum absolute atomic E-state index is 0.0934. The Morgan fingerprint density at radius 1 is 1.07 bits per heavy atom. The van der Waals surface area contributed by atoms with Crippen molar-refractivity contribution in [1.29, 1.82) is 0 Å². The van der Waals surface area contributed by atoms with Gasteiger partial charge in [0.05, 0.1) is 19.9 Å². The Bertz CT molecular complexity index is 976. The second kappa shape index (κ2) is 8.31. The molecule has 0 amide bonds. The fraction of sp³-hybridized carbons (Fsp3) is 0.400. The van der Waals surface area contributed by atoms with Crippen molar-refractivity contribution >= 4 is 31.6 Å². The van der Waals surface area contributed by atoms with Gasteiger partial charge in [0.25, 0.3) is 10.0 Å². The largest absolute Gasteiger partial charge is 0.496 e. The number of anilines is 1. The van der Waals surface area contributed by atoms with Crippen LogP contribution in [-0.2, 0) is 22.9 Å². The molecule has 28 heavy (non-hydrogen) atoms. The number of likely N-dealkylation sites (N-methyl/N-ethyl adjacent to an activating group) is 1. The van der Waals surface area contributed by atoms with Gasteiger partial charge in [-0.15, -0.1) is 0 Å². The summed E-state index contributed by atoms with van der Waals surface area (Å²) in [6.07, 6.45) is 2.56. The fourth-order valence-electron chi connectivity index (χ4n) is 3.62. The van der Waals surface area contributed by atoms with Gasteiger partial charge in [-0.2, -0.15) is 0 Å². The van der Waals surface area contributed by atoms with Crippen molar-refractivity contribution < 1.29 is 17.9 Å². The molecule has 1 aliphatic rings. The summed E-state index contributed by atoms with van der Waals surface area (Å²) in [4.78, 5) is 2.29. The van der Waals surface area contributed by atoms with Gasteiger partial charge in [0.2, 0.25) is 0 Å². The maximum Gasteiger partial charge on any atom is 0.265 e. The molecule has 0 fully saturated rings. The van der Waals surface area contributed by atoms with Crippen LogP contribution in [-0.4, -0.2) is 47.7 Å². The molecule has 2 aromatic rings. The summed E-state index contributed by atoms with van der Waals surface area (Å²) in [5, 5.41) is 0. The topological polar surface area (TPSA) is 67.9 Å². The van der Waals surface area contributed by atoms with Crippen LogP contribution in [0.25, 0.3) is 0 Å². The lowest BCUT2D eigenvalue weighted by Gasteiger charge is -2.32. The van der Waals surface area contributed by atoms with Crippen molar-refractivity contribution in [2.45, 2.75) is 30.2 Å². The Kier molecular flexibility index (Phi) is 6.21. The van der Waals surface area contributed by atoms with Gasteiger partial charge in [-0.3, -0.25) is 4.72 Å². The van der Waals surface area contributed by atoms with Crippen LogP contribution in [0, 0.1) is 0 Å². The maximum atomic E-state index is 13.1. The van der Waals surface area contributed by atoms with Crippen molar-refractivity contribution in [3.05, 3.63) is 45.9 Å². The average molecular weight is 469 g/mol. The number of nitrogens with zero attached hydrogens (tertiary/aromatic N) is 1. The zero-order valence-corrected chi connectivity index (χ0v) is 18.9. The number of hydrogen-bond acceptors (Lipinski definition) is 5. The molecule has 6 nitrogen and oxygen atoms in total. The van der Waals surface area contributed by atoms with E-state index < -0.39 is 10.0 Å². The minimum Gasteiger partial charge on any atom is -0.496 e. The summed E-state index contributed by atoms with van der Waals surface area (Å²) >= 11 is 3.33. The molecule has 2 aromatic carbocycles. The molecule has 3 rings (SSSR count). The highest BCUT2D eigenvalue weighted by molar-refractivity contribution is 9.10. The van der Waals surface area contributed by atoms with Crippen LogP contribution in [0.4, 0.5) is 5.69 Å². The van der Waals surface area contributed by atoms with Gasteiger partial charge >= 0.3 is 0 Å². The molecule has 152 valence electrons. The molecular weight excluding hydrogens is 444 g/mol. The zero-order chi connectivity index (χ0) is 20.5. The predicted molar refractivity (Wildman–Crippen MR) is 114 cm³/mol. The molecule has 0 heterocycles. The third kappa shape index (κ3) is 4.14. The first-order valence-corrected chi connectivity index (χ1v) is 11.3. The van der Waals surface area contributed by atoms with Crippen LogP contribution < -0.4 is 14.2 Å². The zero-order valence-electron chi connectivity index (χ0n) is 16.5. The third-order valence-electron chi connectivity index (χ3n) is 5.17. The molecule has 1 aliphatic carbocycles. The van der Waals surface area contributed by atoms with Crippen molar-refractivity contribution in [1.82, 2.24) is 4.90 Å². The number of sulfonamides is 1. The number of ether oxygens (including phenoxy) is 2. The van der Waals surface area contributed by atoms with Gasteiger partial charge in [0, 0.05) is 16.1 Å². The monoisotopic (exact) mass is 468 g/mol. The summed E-state index contributed by atoms with van der Waals surface area (Å²) in [5.74, 6) is 1.09. The molecule has 1 N–H and O–H groups in total. The number of fused-ring (bicyclic) bond motifs is 1. The molecular formula is C20H25BrN2O4S. The van der Waals surface area contributed by atoms with Gasteiger partial charge in [-0.25, -0.2) is 8.42 Å². The molecule has 0 saturated heterocycles. The minimum atomic E-state index is -3.82. The summed E-state index contributed by atoms with van der Waals surface area (Å²) in [5.41, 5.74) is 2.65. The highest BCUT2D eigenvalue weighted by Gasteiger charge is 2.28. The van der Waals surface area contributed by atoms with E-state index in [9.17, 15) is 8.42 Å². The van der Waals surface area contributed by atoms with E-state index in [0.29, 0.717) is 22.0 Å². The molecule has 1 unspecified atom stereocenters. The first-order valence-electron chi connectivity index (χ1n) is 8.98. The Hall–Kier alpha value is -1.77. The summed E-state index contributed by atoms with van der Waals surface area (Å²) in [6.45, 7) is 0. The maximum absolute atomic E-state index is 13.1. The Balaban J connectivity index is 2.02. The number of nitrogens with one attached hydrogen (secondary N) is 1. The van der Waals surface area contributed by atoms with E-state index in [2.05, 4.69) is 39.6 Å². The second-order valence-electron chi connectivity index (χ2n) is 7.03. The van der Waals surface area contributed by atoms with E-state index in [1.54, 1.807) is 31.4 Å². The van der Waals surface area contributed by atoms with E-state index in [0.717, 1.165) is 36.1 Å². The van der Waals surface area contributed by atoms with E-state index in [-0.39, 0.29) is 4.90 Å².